The van der Waals surface area contributed by atoms with E-state index in [-0.39, 0.29) is 0 Å². The maximum absolute atomic E-state index is 2.56. The van der Waals surface area contributed by atoms with Gasteiger partial charge in [0.2, 0.25) is 0 Å². The Morgan fingerprint density at radius 1 is 0.429 bits per heavy atom. The molecule has 2 aliphatic carbocycles. The van der Waals surface area contributed by atoms with Crippen molar-refractivity contribution in [2.24, 2.45) is 0 Å². The zero-order valence-corrected chi connectivity index (χ0v) is 19.4. The van der Waals surface area contributed by atoms with E-state index >= 15 is 0 Å². The van der Waals surface area contributed by atoms with Gasteiger partial charge in [0.25, 0.3) is 0 Å². The fourth-order valence-electron chi connectivity index (χ4n) is 7.24. The fraction of sp³-hybridized carbons (Fsp3) is 0.118. The smallest absolute Gasteiger partial charge is 0.0532 e. The molecule has 0 N–H and O–H groups in total. The first-order valence-electron chi connectivity index (χ1n) is 12.7. The lowest BCUT2D eigenvalue weighted by Gasteiger charge is -2.40. The molecule has 1 heteroatoms. The number of hydrogen-bond acceptors (Lipinski definition) is 1. The van der Waals surface area contributed by atoms with Crippen LogP contribution in [0.25, 0.3) is 22.3 Å². The number of hydrogen-bond donors (Lipinski definition) is 0. The van der Waals surface area contributed by atoms with Crippen LogP contribution in [-0.4, -0.2) is 0 Å². The highest BCUT2D eigenvalue weighted by Gasteiger charge is 2.35. The lowest BCUT2D eigenvalue weighted by Crippen LogP contribution is -2.25. The molecule has 35 heavy (non-hydrogen) atoms. The Labute approximate surface area is 205 Å². The number of fused-ring (bicyclic) bond motifs is 11. The van der Waals surface area contributed by atoms with Gasteiger partial charge < -0.3 is 4.90 Å². The lowest BCUT2D eigenvalue weighted by molar-refractivity contribution is 1.01. The Bertz CT molecular complexity index is 1760. The van der Waals surface area contributed by atoms with Crippen molar-refractivity contribution in [2.45, 2.75) is 25.7 Å². The van der Waals surface area contributed by atoms with Crippen LogP contribution in [0, 0.1) is 0 Å². The van der Waals surface area contributed by atoms with Gasteiger partial charge in [-0.2, -0.15) is 0 Å². The molecule has 2 heterocycles. The van der Waals surface area contributed by atoms with Gasteiger partial charge in [0, 0.05) is 18.5 Å². The standard InChI is InChI=1S/C34H23N/c1-3-10-27-20(6-1)14-25-17-26-16-22-12-13-32-30(33(22)29(26)19-28(25)27)18-24-9-5-8-23-15-21-7-2-4-11-31(21)35(32)34(23)24/h1-13,17,19H,14-16,18H2. The maximum atomic E-state index is 2.56. The molecule has 5 aromatic carbocycles. The largest absolute Gasteiger partial charge is 0.309 e. The fourth-order valence-corrected chi connectivity index (χ4v) is 7.24. The Balaban J connectivity index is 1.30. The molecule has 0 bridgehead atoms. The molecule has 4 aliphatic rings. The molecule has 0 saturated heterocycles. The monoisotopic (exact) mass is 445 g/mol. The van der Waals surface area contributed by atoms with Crippen molar-refractivity contribution < 1.29 is 0 Å². The first kappa shape index (κ1) is 18.3. The predicted octanol–water partition coefficient (Wildman–Crippen LogP) is 8.11. The van der Waals surface area contributed by atoms with Gasteiger partial charge in [0.1, 0.15) is 0 Å². The minimum absolute atomic E-state index is 1.01. The molecule has 2 aliphatic heterocycles. The van der Waals surface area contributed by atoms with Crippen molar-refractivity contribution >= 4 is 17.1 Å². The molecule has 0 fully saturated rings. The summed E-state index contributed by atoms with van der Waals surface area (Å²) in [5.41, 5.74) is 21.7. The number of nitrogens with zero attached hydrogens (tertiary/aromatic N) is 1. The second-order valence-corrected chi connectivity index (χ2v) is 10.5. The Hall–Kier alpha value is -4.10. The minimum atomic E-state index is 1.01. The summed E-state index contributed by atoms with van der Waals surface area (Å²) >= 11 is 0. The van der Waals surface area contributed by atoms with E-state index in [4.69, 9.17) is 0 Å². The van der Waals surface area contributed by atoms with Gasteiger partial charge in [-0.15, -0.1) is 0 Å². The minimum Gasteiger partial charge on any atom is -0.309 e. The molecule has 0 aromatic heterocycles. The average molecular weight is 446 g/mol. The van der Waals surface area contributed by atoms with Crippen molar-refractivity contribution in [1.82, 2.24) is 0 Å². The molecule has 0 spiro atoms. The molecular formula is C34H23N. The van der Waals surface area contributed by atoms with E-state index < -0.39 is 0 Å². The summed E-state index contributed by atoms with van der Waals surface area (Å²) in [6.45, 7) is 0. The van der Waals surface area contributed by atoms with Crippen molar-refractivity contribution in [3.05, 3.63) is 136 Å². The van der Waals surface area contributed by atoms with E-state index in [0.717, 1.165) is 25.7 Å². The van der Waals surface area contributed by atoms with Crippen LogP contribution in [0.15, 0.2) is 91.0 Å². The van der Waals surface area contributed by atoms with Crippen LogP contribution in [0.2, 0.25) is 0 Å². The van der Waals surface area contributed by atoms with Crippen LogP contribution in [0.1, 0.15) is 44.5 Å². The van der Waals surface area contributed by atoms with Crippen LogP contribution in [0.3, 0.4) is 0 Å². The van der Waals surface area contributed by atoms with Crippen molar-refractivity contribution in [1.29, 1.82) is 0 Å². The van der Waals surface area contributed by atoms with Crippen LogP contribution in [0.4, 0.5) is 17.1 Å². The van der Waals surface area contributed by atoms with Gasteiger partial charge in [0.15, 0.2) is 0 Å². The van der Waals surface area contributed by atoms with Gasteiger partial charge in [-0.25, -0.2) is 0 Å². The van der Waals surface area contributed by atoms with E-state index in [1.54, 1.807) is 0 Å². The zero-order chi connectivity index (χ0) is 22.7. The zero-order valence-electron chi connectivity index (χ0n) is 19.4. The number of rotatable bonds is 0. The molecule has 0 unspecified atom stereocenters. The number of anilines is 3. The molecular weight excluding hydrogens is 422 g/mol. The highest BCUT2D eigenvalue weighted by molar-refractivity contribution is 5.95. The first-order valence-corrected chi connectivity index (χ1v) is 12.7. The topological polar surface area (TPSA) is 3.24 Å². The summed E-state index contributed by atoms with van der Waals surface area (Å²) < 4.78 is 0. The summed E-state index contributed by atoms with van der Waals surface area (Å²) in [7, 11) is 0. The quantitative estimate of drug-likeness (QED) is 0.228. The molecule has 1 nitrogen and oxygen atoms in total. The first-order chi connectivity index (χ1) is 17.3. The van der Waals surface area contributed by atoms with E-state index in [9.17, 15) is 0 Å². The average Bonchev–Trinajstić information content (AvgIpc) is 3.44. The van der Waals surface area contributed by atoms with Gasteiger partial charge in [-0.3, -0.25) is 0 Å². The molecule has 5 aromatic rings. The third-order valence-corrected chi connectivity index (χ3v) is 8.69. The van der Waals surface area contributed by atoms with Gasteiger partial charge in [-0.1, -0.05) is 72.8 Å². The van der Waals surface area contributed by atoms with Crippen molar-refractivity contribution in [3.8, 4) is 22.3 Å². The second-order valence-electron chi connectivity index (χ2n) is 10.5. The lowest BCUT2D eigenvalue weighted by atomic mass is 9.83. The third kappa shape index (κ3) is 2.29. The summed E-state index contributed by atoms with van der Waals surface area (Å²) in [4.78, 5) is 2.56. The number of benzene rings is 5. The highest BCUT2D eigenvalue weighted by atomic mass is 15.2. The summed E-state index contributed by atoms with van der Waals surface area (Å²) in [6.07, 6.45) is 4.14. The van der Waals surface area contributed by atoms with E-state index in [1.165, 1.54) is 83.8 Å². The van der Waals surface area contributed by atoms with E-state index in [0.29, 0.717) is 0 Å². The molecule has 0 radical (unpaired) electrons. The normalized spacial score (nSPS) is 14.9. The Kier molecular flexibility index (Phi) is 3.29. The SMILES string of the molecule is c1ccc2c(c1)Cc1cc3c(cc1-2)-c1c(ccc2c1Cc1cccc4c1N2c1ccccc1C4)C3. The van der Waals surface area contributed by atoms with Crippen LogP contribution >= 0.6 is 0 Å². The van der Waals surface area contributed by atoms with E-state index in [1.807, 2.05) is 0 Å². The molecule has 0 saturated carbocycles. The molecule has 164 valence electrons. The maximum Gasteiger partial charge on any atom is 0.0532 e. The summed E-state index contributed by atoms with van der Waals surface area (Å²) in [6, 6.07) is 34.6. The van der Waals surface area contributed by atoms with E-state index in [2.05, 4.69) is 95.9 Å². The van der Waals surface area contributed by atoms with Crippen LogP contribution < -0.4 is 4.90 Å². The van der Waals surface area contributed by atoms with Gasteiger partial charge in [0.05, 0.1) is 11.4 Å². The van der Waals surface area contributed by atoms with Gasteiger partial charge >= 0.3 is 0 Å². The predicted molar refractivity (Wildman–Crippen MR) is 143 cm³/mol. The molecule has 9 rings (SSSR count). The molecule has 0 atom stereocenters. The second kappa shape index (κ2) is 6.31. The molecule has 0 amide bonds. The van der Waals surface area contributed by atoms with Crippen LogP contribution in [-0.2, 0) is 25.7 Å². The highest BCUT2D eigenvalue weighted by Crippen LogP contribution is 2.55. The van der Waals surface area contributed by atoms with Crippen molar-refractivity contribution in [2.75, 3.05) is 4.90 Å². The van der Waals surface area contributed by atoms with Crippen molar-refractivity contribution in [3.63, 3.8) is 0 Å². The van der Waals surface area contributed by atoms with Crippen LogP contribution in [0.5, 0.6) is 0 Å². The Morgan fingerprint density at radius 3 is 2.09 bits per heavy atom. The third-order valence-electron chi connectivity index (χ3n) is 8.69. The summed E-state index contributed by atoms with van der Waals surface area (Å²) in [5, 5.41) is 0. The van der Waals surface area contributed by atoms with Gasteiger partial charge in [-0.05, 0) is 97.8 Å². The Morgan fingerprint density at radius 2 is 1.14 bits per heavy atom. The summed E-state index contributed by atoms with van der Waals surface area (Å²) in [5.74, 6) is 0. The number of para-hydroxylation sites is 2.